The van der Waals surface area contributed by atoms with Gasteiger partial charge in [0.05, 0.1) is 18.4 Å². The Labute approximate surface area is 160 Å². The predicted octanol–water partition coefficient (Wildman–Crippen LogP) is 2.52. The minimum absolute atomic E-state index is 0.0217. The molecule has 28 heavy (non-hydrogen) atoms. The molecule has 0 saturated heterocycles. The lowest BCUT2D eigenvalue weighted by molar-refractivity contribution is 0.621. The molecule has 2 N–H and O–H groups in total. The number of nitrogen functional groups attached to an aromatic ring is 1. The van der Waals surface area contributed by atoms with Gasteiger partial charge in [0.25, 0.3) is 0 Å². The molecule has 4 rings (SSSR count). The zero-order chi connectivity index (χ0) is 19.8. The Morgan fingerprint density at radius 2 is 1.89 bits per heavy atom. The number of anilines is 1. The number of halogens is 1. The van der Waals surface area contributed by atoms with E-state index in [1.807, 2.05) is 51.4 Å². The van der Waals surface area contributed by atoms with Gasteiger partial charge in [0, 0.05) is 18.8 Å². The van der Waals surface area contributed by atoms with Crippen molar-refractivity contribution in [3.8, 4) is 22.6 Å². The third kappa shape index (κ3) is 3.22. The first kappa shape index (κ1) is 17.8. The van der Waals surface area contributed by atoms with E-state index in [4.69, 9.17) is 5.73 Å². The number of nitrogens with zero attached hydrogens (tertiary/aromatic N) is 7. The van der Waals surface area contributed by atoms with E-state index in [0.29, 0.717) is 12.1 Å². The van der Waals surface area contributed by atoms with E-state index in [1.165, 1.54) is 0 Å². The maximum atomic E-state index is 15.3. The Hall–Kier alpha value is -3.62. The Bertz CT molecular complexity index is 1160. The van der Waals surface area contributed by atoms with Crippen LogP contribution in [-0.2, 0) is 13.6 Å². The van der Waals surface area contributed by atoms with Crippen LogP contribution in [0.3, 0.4) is 0 Å². The van der Waals surface area contributed by atoms with Gasteiger partial charge in [-0.05, 0) is 31.0 Å². The fraction of sp³-hybridized carbons (Fsp3) is 0.211. The summed E-state index contributed by atoms with van der Waals surface area (Å²) in [5, 5.41) is 12.4. The van der Waals surface area contributed by atoms with Crippen molar-refractivity contribution in [3.05, 3.63) is 59.3 Å². The van der Waals surface area contributed by atoms with Crippen LogP contribution >= 0.6 is 0 Å². The molecule has 9 heteroatoms. The van der Waals surface area contributed by atoms with Crippen molar-refractivity contribution in [2.24, 2.45) is 7.05 Å². The van der Waals surface area contributed by atoms with Gasteiger partial charge in [0.2, 0.25) is 5.95 Å². The smallest absolute Gasteiger partial charge is 0.221 e. The largest absolute Gasteiger partial charge is 0.368 e. The number of benzene rings is 1. The maximum Gasteiger partial charge on any atom is 0.221 e. The summed E-state index contributed by atoms with van der Waals surface area (Å²) in [6, 6.07) is 7.52. The normalized spacial score (nSPS) is 11.1. The van der Waals surface area contributed by atoms with E-state index >= 15 is 4.39 Å². The molecule has 0 saturated carbocycles. The minimum Gasteiger partial charge on any atom is -0.368 e. The SMILES string of the molecule is Cc1cccc(-c2nc(N)nc(-c3cn(Cc4ccn(C)n4)nn3)c2F)c1C. The van der Waals surface area contributed by atoms with Crippen molar-refractivity contribution >= 4 is 5.95 Å². The molecule has 0 atom stereocenters. The fourth-order valence-corrected chi connectivity index (χ4v) is 3.02. The topological polar surface area (TPSA) is 100 Å². The first-order valence-corrected chi connectivity index (χ1v) is 8.71. The number of rotatable bonds is 4. The monoisotopic (exact) mass is 378 g/mol. The molecule has 3 heterocycles. The molecule has 0 unspecified atom stereocenters. The van der Waals surface area contributed by atoms with Crippen molar-refractivity contribution in [2.75, 3.05) is 5.73 Å². The number of aryl methyl sites for hydroxylation is 2. The Kier molecular flexibility index (Phi) is 4.34. The molecule has 8 nitrogen and oxygen atoms in total. The van der Waals surface area contributed by atoms with Crippen LogP contribution < -0.4 is 5.73 Å². The van der Waals surface area contributed by atoms with Crippen LogP contribution in [0.15, 0.2) is 36.7 Å². The highest BCUT2D eigenvalue weighted by Crippen LogP contribution is 2.31. The Balaban J connectivity index is 1.75. The van der Waals surface area contributed by atoms with Crippen LogP contribution in [0, 0.1) is 19.7 Å². The second-order valence-electron chi connectivity index (χ2n) is 6.62. The number of nitrogens with two attached hydrogens (primary N) is 1. The van der Waals surface area contributed by atoms with Gasteiger partial charge < -0.3 is 5.73 Å². The summed E-state index contributed by atoms with van der Waals surface area (Å²) >= 11 is 0. The molecule has 0 aliphatic rings. The van der Waals surface area contributed by atoms with Crippen molar-refractivity contribution in [2.45, 2.75) is 20.4 Å². The molecule has 3 aromatic heterocycles. The molecular formula is C19H19FN8. The van der Waals surface area contributed by atoms with Crippen LogP contribution in [0.5, 0.6) is 0 Å². The lowest BCUT2D eigenvalue weighted by atomic mass is 10.00. The molecular weight excluding hydrogens is 359 g/mol. The average molecular weight is 378 g/mol. The van der Waals surface area contributed by atoms with Gasteiger partial charge in [-0.3, -0.25) is 4.68 Å². The molecule has 1 aromatic carbocycles. The summed E-state index contributed by atoms with van der Waals surface area (Å²) in [6.45, 7) is 4.30. The molecule has 0 aliphatic heterocycles. The lowest BCUT2D eigenvalue weighted by Gasteiger charge is -2.11. The third-order valence-electron chi connectivity index (χ3n) is 4.60. The quantitative estimate of drug-likeness (QED) is 0.586. The van der Waals surface area contributed by atoms with Crippen LogP contribution in [0.1, 0.15) is 16.8 Å². The van der Waals surface area contributed by atoms with Crippen molar-refractivity contribution in [1.29, 1.82) is 0 Å². The van der Waals surface area contributed by atoms with Crippen molar-refractivity contribution < 1.29 is 4.39 Å². The number of hydrogen-bond donors (Lipinski definition) is 1. The maximum absolute atomic E-state index is 15.3. The van der Waals surface area contributed by atoms with Gasteiger partial charge in [-0.15, -0.1) is 5.10 Å². The first-order valence-electron chi connectivity index (χ1n) is 8.71. The molecule has 142 valence electrons. The summed E-state index contributed by atoms with van der Waals surface area (Å²) in [5.74, 6) is -0.598. The standard InChI is InChI=1S/C19H19FN8/c1-11-5-4-6-14(12(11)2)17-16(20)18(23-19(21)22-17)15-10-28(26-24-15)9-13-7-8-27(3)25-13/h4-8,10H,9H2,1-3H3,(H2,21,22,23). The number of hydrogen-bond acceptors (Lipinski definition) is 6. The van der Waals surface area contributed by atoms with Crippen LogP contribution in [-0.4, -0.2) is 34.7 Å². The predicted molar refractivity (Wildman–Crippen MR) is 103 cm³/mol. The van der Waals surface area contributed by atoms with E-state index in [-0.39, 0.29) is 23.0 Å². The Morgan fingerprint density at radius 3 is 2.64 bits per heavy atom. The molecule has 0 aliphatic carbocycles. The first-order chi connectivity index (χ1) is 13.4. The highest BCUT2D eigenvalue weighted by Gasteiger charge is 2.20. The van der Waals surface area contributed by atoms with Crippen LogP contribution in [0.4, 0.5) is 10.3 Å². The molecule has 0 radical (unpaired) electrons. The van der Waals surface area contributed by atoms with E-state index in [2.05, 4.69) is 25.4 Å². The fourth-order valence-electron chi connectivity index (χ4n) is 3.02. The van der Waals surface area contributed by atoms with Gasteiger partial charge in [-0.25, -0.2) is 19.0 Å². The van der Waals surface area contributed by atoms with Gasteiger partial charge in [0.15, 0.2) is 5.82 Å². The summed E-state index contributed by atoms with van der Waals surface area (Å²) in [4.78, 5) is 8.19. The van der Waals surface area contributed by atoms with E-state index in [0.717, 1.165) is 16.8 Å². The zero-order valence-electron chi connectivity index (χ0n) is 15.8. The molecule has 4 aromatic rings. The second kappa shape index (κ2) is 6.84. The van der Waals surface area contributed by atoms with Crippen LogP contribution in [0.2, 0.25) is 0 Å². The van der Waals surface area contributed by atoms with Crippen molar-refractivity contribution in [3.63, 3.8) is 0 Å². The molecule has 0 fully saturated rings. The summed E-state index contributed by atoms with van der Waals surface area (Å²) in [5.41, 5.74) is 9.80. The molecule has 0 bridgehead atoms. The lowest BCUT2D eigenvalue weighted by Crippen LogP contribution is -2.04. The van der Waals surface area contributed by atoms with E-state index in [1.54, 1.807) is 15.6 Å². The van der Waals surface area contributed by atoms with Gasteiger partial charge in [-0.1, -0.05) is 23.4 Å². The highest BCUT2D eigenvalue weighted by molar-refractivity contribution is 5.71. The van der Waals surface area contributed by atoms with Crippen LogP contribution in [0.25, 0.3) is 22.6 Å². The summed E-state index contributed by atoms with van der Waals surface area (Å²) in [7, 11) is 1.84. The van der Waals surface area contributed by atoms with E-state index in [9.17, 15) is 0 Å². The third-order valence-corrected chi connectivity index (χ3v) is 4.60. The van der Waals surface area contributed by atoms with Gasteiger partial charge >= 0.3 is 0 Å². The molecule has 0 amide bonds. The van der Waals surface area contributed by atoms with E-state index < -0.39 is 5.82 Å². The highest BCUT2D eigenvalue weighted by atomic mass is 19.1. The zero-order valence-corrected chi connectivity index (χ0v) is 15.8. The summed E-state index contributed by atoms with van der Waals surface area (Å²) in [6.07, 6.45) is 3.46. The van der Waals surface area contributed by atoms with Crippen molar-refractivity contribution in [1.82, 2.24) is 34.7 Å². The minimum atomic E-state index is -0.576. The molecule has 0 spiro atoms. The second-order valence-corrected chi connectivity index (χ2v) is 6.62. The average Bonchev–Trinajstić information content (AvgIpc) is 3.28. The Morgan fingerprint density at radius 1 is 1.11 bits per heavy atom. The summed E-state index contributed by atoms with van der Waals surface area (Å²) < 4.78 is 18.6. The van der Waals surface area contributed by atoms with Gasteiger partial charge in [0.1, 0.15) is 17.1 Å². The van der Waals surface area contributed by atoms with Gasteiger partial charge in [-0.2, -0.15) is 5.10 Å². The number of aromatic nitrogens is 7.